The van der Waals surface area contributed by atoms with Gasteiger partial charge in [0.1, 0.15) is 11.5 Å². The Kier molecular flexibility index (Phi) is 2.86. The highest BCUT2D eigenvalue weighted by atomic mass is 19.4. The van der Waals surface area contributed by atoms with Crippen molar-refractivity contribution in [1.29, 1.82) is 0 Å². The van der Waals surface area contributed by atoms with Gasteiger partial charge in [-0.15, -0.1) is 0 Å². The topological polar surface area (TPSA) is 60.7 Å². The van der Waals surface area contributed by atoms with Crippen LogP contribution < -0.4 is 0 Å². The molecule has 0 aliphatic rings. The summed E-state index contributed by atoms with van der Waals surface area (Å²) in [6, 6.07) is 6.28. The summed E-state index contributed by atoms with van der Waals surface area (Å²) < 4.78 is 38.3. The Labute approximate surface area is 106 Å². The number of alkyl halides is 3. The number of aromatic hydroxyl groups is 2. The van der Waals surface area contributed by atoms with Crippen LogP contribution in [0, 0.1) is 0 Å². The maximum Gasteiger partial charge on any atom is 0.421 e. The second-order valence-corrected chi connectivity index (χ2v) is 4.40. The summed E-state index contributed by atoms with van der Waals surface area (Å²) in [7, 11) is 0. The second-order valence-electron chi connectivity index (χ2n) is 4.40. The number of halogens is 3. The molecule has 0 bridgehead atoms. The Hall–Kier alpha value is -1.95. The Bertz CT molecular complexity index is 633. The van der Waals surface area contributed by atoms with Crippen molar-refractivity contribution in [2.45, 2.75) is 18.7 Å². The molecular weight excluding hydrogens is 261 g/mol. The quantitative estimate of drug-likeness (QED) is 0.747. The van der Waals surface area contributed by atoms with Crippen molar-refractivity contribution in [1.82, 2.24) is 0 Å². The zero-order chi connectivity index (χ0) is 14.4. The molecular formula is C13H11F3O3. The van der Waals surface area contributed by atoms with Crippen molar-refractivity contribution >= 4 is 10.8 Å². The minimum absolute atomic E-state index is 0.0435. The van der Waals surface area contributed by atoms with Crippen LogP contribution in [0.15, 0.2) is 30.3 Å². The summed E-state index contributed by atoms with van der Waals surface area (Å²) in [5.74, 6) is -0.860. The molecule has 0 heterocycles. The Balaban J connectivity index is 2.75. The van der Waals surface area contributed by atoms with Crippen LogP contribution in [0.2, 0.25) is 0 Å². The summed E-state index contributed by atoms with van der Waals surface area (Å²) >= 11 is 0. The van der Waals surface area contributed by atoms with Crippen LogP contribution >= 0.6 is 0 Å². The molecule has 0 saturated carbocycles. The average molecular weight is 272 g/mol. The molecule has 2 aromatic carbocycles. The number of fused-ring (bicyclic) bond motifs is 1. The smallest absolute Gasteiger partial charge is 0.421 e. The predicted octanol–water partition coefficient (Wildman–Crippen LogP) is 3.02. The summed E-state index contributed by atoms with van der Waals surface area (Å²) in [5, 5.41) is 29.3. The normalized spacial score (nSPS) is 15.4. The van der Waals surface area contributed by atoms with E-state index in [4.69, 9.17) is 0 Å². The van der Waals surface area contributed by atoms with Crippen molar-refractivity contribution in [2.24, 2.45) is 0 Å². The fourth-order valence-electron chi connectivity index (χ4n) is 1.87. The van der Waals surface area contributed by atoms with Crippen LogP contribution in [0.3, 0.4) is 0 Å². The summed E-state index contributed by atoms with van der Waals surface area (Å²) in [5.41, 5.74) is -3.82. The van der Waals surface area contributed by atoms with E-state index in [-0.39, 0.29) is 16.5 Å². The van der Waals surface area contributed by atoms with Crippen molar-refractivity contribution in [3.8, 4) is 11.5 Å². The van der Waals surface area contributed by atoms with Crippen LogP contribution in [0.25, 0.3) is 10.8 Å². The molecule has 1 unspecified atom stereocenters. The zero-order valence-corrected chi connectivity index (χ0v) is 9.86. The first-order valence-corrected chi connectivity index (χ1v) is 5.39. The van der Waals surface area contributed by atoms with Crippen molar-refractivity contribution in [2.75, 3.05) is 0 Å². The van der Waals surface area contributed by atoms with E-state index in [1.165, 1.54) is 24.3 Å². The van der Waals surface area contributed by atoms with Gasteiger partial charge in [-0.25, -0.2) is 0 Å². The van der Waals surface area contributed by atoms with E-state index in [9.17, 15) is 28.5 Å². The second kappa shape index (κ2) is 4.03. The molecule has 0 aliphatic heterocycles. The molecule has 2 aromatic rings. The molecule has 0 spiro atoms. The molecule has 0 aromatic heterocycles. The van der Waals surface area contributed by atoms with Crippen molar-refractivity contribution < 1.29 is 28.5 Å². The number of phenols is 2. The average Bonchev–Trinajstić information content (AvgIpc) is 2.29. The van der Waals surface area contributed by atoms with Gasteiger partial charge < -0.3 is 15.3 Å². The van der Waals surface area contributed by atoms with Crippen LogP contribution in [0.1, 0.15) is 12.5 Å². The SMILES string of the molecule is CC(O)(c1ccc2c(O)cccc2c1O)C(F)(F)F. The molecule has 0 radical (unpaired) electrons. The summed E-state index contributed by atoms with van der Waals surface area (Å²) in [4.78, 5) is 0. The molecule has 19 heavy (non-hydrogen) atoms. The van der Waals surface area contributed by atoms with Crippen LogP contribution in [-0.2, 0) is 5.60 Å². The lowest BCUT2D eigenvalue weighted by Gasteiger charge is -2.27. The van der Waals surface area contributed by atoms with Gasteiger partial charge in [0, 0.05) is 16.3 Å². The van der Waals surface area contributed by atoms with E-state index in [0.29, 0.717) is 6.92 Å². The number of phenolic OH excluding ortho intramolecular Hbond substituents is 2. The predicted molar refractivity (Wildman–Crippen MR) is 62.9 cm³/mol. The third kappa shape index (κ3) is 1.98. The third-order valence-electron chi connectivity index (χ3n) is 3.09. The molecule has 0 saturated heterocycles. The fraction of sp³-hybridized carbons (Fsp3) is 0.231. The first-order valence-electron chi connectivity index (χ1n) is 5.39. The van der Waals surface area contributed by atoms with Gasteiger partial charge in [-0.05, 0) is 13.0 Å². The fourth-order valence-corrected chi connectivity index (χ4v) is 1.87. The van der Waals surface area contributed by atoms with Gasteiger partial charge in [0.15, 0.2) is 5.60 Å². The van der Waals surface area contributed by atoms with E-state index < -0.39 is 23.1 Å². The lowest BCUT2D eigenvalue weighted by atomic mass is 9.91. The van der Waals surface area contributed by atoms with E-state index in [1.807, 2.05) is 0 Å². The van der Waals surface area contributed by atoms with Gasteiger partial charge in [-0.3, -0.25) is 0 Å². The number of hydrogen-bond donors (Lipinski definition) is 3. The first-order chi connectivity index (χ1) is 8.66. The van der Waals surface area contributed by atoms with Gasteiger partial charge in [0.2, 0.25) is 0 Å². The maximum absolute atomic E-state index is 12.8. The number of rotatable bonds is 1. The summed E-state index contributed by atoms with van der Waals surface area (Å²) in [6.45, 7) is 0.566. The van der Waals surface area contributed by atoms with Crippen LogP contribution in [0.4, 0.5) is 13.2 Å². The summed E-state index contributed by atoms with van der Waals surface area (Å²) in [6.07, 6.45) is -4.92. The number of hydrogen-bond acceptors (Lipinski definition) is 3. The molecule has 2 rings (SSSR count). The highest BCUT2D eigenvalue weighted by molar-refractivity contribution is 5.93. The molecule has 3 N–H and O–H groups in total. The van der Waals surface area contributed by atoms with E-state index >= 15 is 0 Å². The molecule has 0 amide bonds. The Morgan fingerprint density at radius 3 is 2.16 bits per heavy atom. The number of benzene rings is 2. The minimum Gasteiger partial charge on any atom is -0.507 e. The lowest BCUT2D eigenvalue weighted by Crippen LogP contribution is -2.39. The van der Waals surface area contributed by atoms with Crippen molar-refractivity contribution in [3.05, 3.63) is 35.9 Å². The third-order valence-corrected chi connectivity index (χ3v) is 3.09. The van der Waals surface area contributed by atoms with E-state index in [0.717, 1.165) is 6.07 Å². The molecule has 3 nitrogen and oxygen atoms in total. The van der Waals surface area contributed by atoms with Gasteiger partial charge in [0.05, 0.1) is 0 Å². The van der Waals surface area contributed by atoms with E-state index in [2.05, 4.69) is 0 Å². The zero-order valence-electron chi connectivity index (χ0n) is 9.86. The maximum atomic E-state index is 12.8. The van der Waals surface area contributed by atoms with Gasteiger partial charge in [0.25, 0.3) is 0 Å². The van der Waals surface area contributed by atoms with Gasteiger partial charge >= 0.3 is 6.18 Å². The first kappa shape index (κ1) is 13.5. The number of aliphatic hydroxyl groups is 1. The minimum atomic E-state index is -4.92. The molecule has 102 valence electrons. The largest absolute Gasteiger partial charge is 0.507 e. The molecule has 6 heteroatoms. The molecule has 0 aliphatic carbocycles. The molecule has 0 fully saturated rings. The van der Waals surface area contributed by atoms with Crippen molar-refractivity contribution in [3.63, 3.8) is 0 Å². The van der Waals surface area contributed by atoms with Gasteiger partial charge in [-0.2, -0.15) is 13.2 Å². The van der Waals surface area contributed by atoms with E-state index in [1.54, 1.807) is 0 Å². The monoisotopic (exact) mass is 272 g/mol. The van der Waals surface area contributed by atoms with Gasteiger partial charge in [-0.1, -0.05) is 24.3 Å². The van der Waals surface area contributed by atoms with Crippen LogP contribution in [-0.4, -0.2) is 21.5 Å². The lowest BCUT2D eigenvalue weighted by molar-refractivity contribution is -0.259. The standard InChI is InChI=1S/C13H11F3O3/c1-12(19,13(14,15)16)9-6-5-7-8(11(9)18)3-2-4-10(7)17/h2-6,17-19H,1H3. The Morgan fingerprint density at radius 2 is 1.58 bits per heavy atom. The highest BCUT2D eigenvalue weighted by Gasteiger charge is 2.52. The highest BCUT2D eigenvalue weighted by Crippen LogP contribution is 2.45. The van der Waals surface area contributed by atoms with Crippen LogP contribution in [0.5, 0.6) is 11.5 Å². The molecule has 1 atom stereocenters. The Morgan fingerprint density at radius 1 is 0.947 bits per heavy atom.